The molecule has 3 rings (SSSR count). The van der Waals surface area contributed by atoms with E-state index in [1.807, 2.05) is 18.2 Å². The molecule has 1 aliphatic heterocycles. The van der Waals surface area contributed by atoms with Gasteiger partial charge in [0.15, 0.2) is 11.0 Å². The van der Waals surface area contributed by atoms with Gasteiger partial charge < -0.3 is 10.2 Å². The normalized spacial score (nSPS) is 23.8. The lowest BCUT2D eigenvalue weighted by atomic mass is 10.1. The third-order valence-corrected chi connectivity index (χ3v) is 3.94. The van der Waals surface area contributed by atoms with Crippen molar-refractivity contribution in [2.45, 2.75) is 25.9 Å². The predicted molar refractivity (Wildman–Crippen MR) is 78.8 cm³/mol. The van der Waals surface area contributed by atoms with Gasteiger partial charge in [-0.25, -0.2) is 0 Å². The van der Waals surface area contributed by atoms with Crippen molar-refractivity contribution < 1.29 is 0 Å². The zero-order valence-electron chi connectivity index (χ0n) is 11.1. The van der Waals surface area contributed by atoms with E-state index in [4.69, 9.17) is 11.6 Å². The number of aromatic nitrogens is 2. The van der Waals surface area contributed by atoms with E-state index < -0.39 is 0 Å². The van der Waals surface area contributed by atoms with Crippen LogP contribution >= 0.6 is 11.6 Å². The molecule has 1 fully saturated rings. The Morgan fingerprint density at radius 2 is 1.95 bits per heavy atom. The Morgan fingerprint density at radius 1 is 1.21 bits per heavy atom. The fourth-order valence-corrected chi connectivity index (χ4v) is 2.79. The van der Waals surface area contributed by atoms with Gasteiger partial charge in [-0.3, -0.25) is 0 Å². The number of hydrogen-bond donors (Lipinski definition) is 1. The summed E-state index contributed by atoms with van der Waals surface area (Å²) in [6.07, 6.45) is 0. The molecule has 0 saturated carbocycles. The molecule has 1 aliphatic rings. The topological polar surface area (TPSA) is 41.1 Å². The Morgan fingerprint density at radius 3 is 2.74 bits per heavy atom. The monoisotopic (exact) mass is 276 g/mol. The first-order valence-electron chi connectivity index (χ1n) is 6.58. The standard InChI is InChI=1S/C14H17ClN4/c1-9-8-19(10(2)7-16-9)14-12-6-4-3-5-11(12)13(15)17-18-14/h3-6,9-10,16H,7-8H2,1-2H3/t9-,10-/m0/s1. The van der Waals surface area contributed by atoms with Crippen LogP contribution in [0, 0.1) is 0 Å². The van der Waals surface area contributed by atoms with Crippen molar-refractivity contribution in [2.24, 2.45) is 0 Å². The summed E-state index contributed by atoms with van der Waals surface area (Å²) in [5.74, 6) is 0.931. The van der Waals surface area contributed by atoms with E-state index in [9.17, 15) is 0 Å². The average Bonchev–Trinajstić information content (AvgIpc) is 2.43. The minimum atomic E-state index is 0.398. The lowest BCUT2D eigenvalue weighted by Crippen LogP contribution is -2.54. The average molecular weight is 277 g/mol. The molecular weight excluding hydrogens is 260 g/mol. The molecule has 2 aromatic rings. The molecule has 0 bridgehead atoms. The summed E-state index contributed by atoms with van der Waals surface area (Å²) < 4.78 is 0. The van der Waals surface area contributed by atoms with Crippen LogP contribution in [0.1, 0.15) is 13.8 Å². The number of benzene rings is 1. The second-order valence-corrected chi connectivity index (χ2v) is 5.53. The molecule has 0 unspecified atom stereocenters. The molecule has 5 heteroatoms. The van der Waals surface area contributed by atoms with Crippen LogP contribution in [0.3, 0.4) is 0 Å². The third-order valence-electron chi connectivity index (χ3n) is 3.66. The second kappa shape index (κ2) is 4.94. The van der Waals surface area contributed by atoms with Crippen molar-refractivity contribution in [1.29, 1.82) is 0 Å². The molecule has 100 valence electrons. The number of piperazine rings is 1. The SMILES string of the molecule is C[C@H]1CN(c2nnc(Cl)c3ccccc23)[C@@H](C)CN1. The minimum Gasteiger partial charge on any atom is -0.349 e. The zero-order valence-corrected chi connectivity index (χ0v) is 11.9. The Hall–Kier alpha value is -1.39. The van der Waals surface area contributed by atoms with Crippen LogP contribution in [-0.4, -0.2) is 35.4 Å². The van der Waals surface area contributed by atoms with Crippen molar-refractivity contribution >= 4 is 28.2 Å². The molecule has 0 amide bonds. The van der Waals surface area contributed by atoms with Crippen LogP contribution < -0.4 is 10.2 Å². The molecule has 4 nitrogen and oxygen atoms in total. The van der Waals surface area contributed by atoms with E-state index in [1.54, 1.807) is 0 Å². The van der Waals surface area contributed by atoms with Gasteiger partial charge in [0.1, 0.15) is 0 Å². The molecule has 0 radical (unpaired) electrons. The van der Waals surface area contributed by atoms with Gasteiger partial charge in [0, 0.05) is 35.9 Å². The maximum atomic E-state index is 6.13. The molecule has 2 heterocycles. The predicted octanol–water partition coefficient (Wildman–Crippen LogP) is 2.47. The van der Waals surface area contributed by atoms with Crippen LogP contribution in [-0.2, 0) is 0 Å². The van der Waals surface area contributed by atoms with Crippen molar-refractivity contribution in [3.05, 3.63) is 29.4 Å². The summed E-state index contributed by atoms with van der Waals surface area (Å²) in [5, 5.41) is 14.4. The molecule has 0 spiro atoms. The zero-order chi connectivity index (χ0) is 13.4. The van der Waals surface area contributed by atoms with Crippen LogP contribution in [0.2, 0.25) is 5.15 Å². The Labute approximate surface area is 117 Å². The third kappa shape index (κ3) is 2.26. The molecule has 1 aromatic carbocycles. The Bertz CT molecular complexity index is 601. The summed E-state index contributed by atoms with van der Waals surface area (Å²) in [4.78, 5) is 2.31. The van der Waals surface area contributed by atoms with E-state index in [-0.39, 0.29) is 0 Å². The van der Waals surface area contributed by atoms with Gasteiger partial charge in [-0.1, -0.05) is 35.9 Å². The van der Waals surface area contributed by atoms with Crippen molar-refractivity contribution in [3.8, 4) is 0 Å². The maximum Gasteiger partial charge on any atom is 0.159 e. The summed E-state index contributed by atoms with van der Waals surface area (Å²) in [6.45, 7) is 6.27. The minimum absolute atomic E-state index is 0.398. The summed E-state index contributed by atoms with van der Waals surface area (Å²) >= 11 is 6.13. The van der Waals surface area contributed by atoms with Gasteiger partial charge in [0.05, 0.1) is 0 Å². The number of fused-ring (bicyclic) bond motifs is 1. The molecular formula is C14H17ClN4. The van der Waals surface area contributed by atoms with Crippen molar-refractivity contribution in [3.63, 3.8) is 0 Å². The number of hydrogen-bond acceptors (Lipinski definition) is 4. The molecule has 0 aliphatic carbocycles. The molecule has 1 N–H and O–H groups in total. The molecule has 19 heavy (non-hydrogen) atoms. The van der Waals surface area contributed by atoms with Gasteiger partial charge in [0.2, 0.25) is 0 Å². The molecule has 1 saturated heterocycles. The fraction of sp³-hybridized carbons (Fsp3) is 0.429. The van der Waals surface area contributed by atoms with E-state index in [0.29, 0.717) is 17.2 Å². The lowest BCUT2D eigenvalue weighted by molar-refractivity contribution is 0.422. The number of halogens is 1. The highest BCUT2D eigenvalue weighted by molar-refractivity contribution is 6.34. The van der Waals surface area contributed by atoms with Crippen LogP contribution in [0.5, 0.6) is 0 Å². The lowest BCUT2D eigenvalue weighted by Gasteiger charge is -2.38. The number of anilines is 1. The number of rotatable bonds is 1. The summed E-state index contributed by atoms with van der Waals surface area (Å²) in [5.41, 5.74) is 0. The fourth-order valence-electron chi connectivity index (χ4n) is 2.59. The summed E-state index contributed by atoms with van der Waals surface area (Å²) in [6, 6.07) is 8.89. The first-order valence-corrected chi connectivity index (χ1v) is 6.95. The largest absolute Gasteiger partial charge is 0.349 e. The van der Waals surface area contributed by atoms with E-state index in [2.05, 4.69) is 40.3 Å². The van der Waals surface area contributed by atoms with Gasteiger partial charge >= 0.3 is 0 Å². The molecule has 1 aromatic heterocycles. The van der Waals surface area contributed by atoms with Crippen molar-refractivity contribution in [1.82, 2.24) is 15.5 Å². The van der Waals surface area contributed by atoms with Crippen molar-refractivity contribution in [2.75, 3.05) is 18.0 Å². The van der Waals surface area contributed by atoms with Crippen LogP contribution in [0.4, 0.5) is 5.82 Å². The Kier molecular flexibility index (Phi) is 3.29. The maximum absolute atomic E-state index is 6.13. The van der Waals surface area contributed by atoms with E-state index in [1.165, 1.54) is 0 Å². The first kappa shape index (κ1) is 12.6. The highest BCUT2D eigenvalue weighted by Crippen LogP contribution is 2.29. The number of nitrogens with zero attached hydrogens (tertiary/aromatic N) is 3. The van der Waals surface area contributed by atoms with Gasteiger partial charge in [-0.2, -0.15) is 0 Å². The van der Waals surface area contributed by atoms with E-state index in [0.717, 1.165) is 29.7 Å². The van der Waals surface area contributed by atoms with Gasteiger partial charge in [0.25, 0.3) is 0 Å². The van der Waals surface area contributed by atoms with Gasteiger partial charge in [-0.05, 0) is 13.8 Å². The first-order chi connectivity index (χ1) is 9.16. The number of nitrogens with one attached hydrogen (secondary N) is 1. The van der Waals surface area contributed by atoms with E-state index >= 15 is 0 Å². The quantitative estimate of drug-likeness (QED) is 0.869. The van der Waals surface area contributed by atoms with Crippen LogP contribution in [0.15, 0.2) is 24.3 Å². The Balaban J connectivity index is 2.12. The summed E-state index contributed by atoms with van der Waals surface area (Å²) in [7, 11) is 0. The van der Waals surface area contributed by atoms with Gasteiger partial charge in [-0.15, -0.1) is 10.2 Å². The second-order valence-electron chi connectivity index (χ2n) is 5.17. The smallest absolute Gasteiger partial charge is 0.159 e. The highest BCUT2D eigenvalue weighted by Gasteiger charge is 2.25. The van der Waals surface area contributed by atoms with Crippen LogP contribution in [0.25, 0.3) is 10.8 Å². The molecule has 2 atom stereocenters. The highest BCUT2D eigenvalue weighted by atomic mass is 35.5.